The maximum atomic E-state index is 10.6. The van der Waals surface area contributed by atoms with Crippen molar-refractivity contribution in [3.8, 4) is 23.0 Å². The normalized spacial score (nSPS) is 8.50. The summed E-state index contributed by atoms with van der Waals surface area (Å²) < 4.78 is 19.2. The van der Waals surface area contributed by atoms with Gasteiger partial charge in [-0.1, -0.05) is 33.8 Å². The van der Waals surface area contributed by atoms with Crippen LogP contribution in [0.15, 0.2) is 48.5 Å². The number of hydrogen-bond donors (Lipinski definition) is 0. The lowest BCUT2D eigenvalue weighted by molar-refractivity contribution is -0.133. The van der Waals surface area contributed by atoms with Gasteiger partial charge in [-0.2, -0.15) is 0 Å². The Bertz CT molecular complexity index is 775. The molecule has 8 heteroatoms. The van der Waals surface area contributed by atoms with Crippen LogP contribution >= 0.6 is 0 Å². The Kier molecular flexibility index (Phi) is 17.3. The van der Waals surface area contributed by atoms with Crippen LogP contribution in [-0.2, 0) is 19.2 Å². The molecule has 0 aliphatic heterocycles. The fourth-order valence-electron chi connectivity index (χ4n) is 1.84. The van der Waals surface area contributed by atoms with Crippen LogP contribution in [0.3, 0.4) is 0 Å². The molecule has 8 nitrogen and oxygen atoms in total. The Morgan fingerprint density at radius 2 is 0.719 bits per heavy atom. The van der Waals surface area contributed by atoms with Gasteiger partial charge in [0.15, 0.2) is 0 Å². The van der Waals surface area contributed by atoms with E-state index in [2.05, 4.69) is 0 Å². The zero-order valence-electron chi connectivity index (χ0n) is 19.9. The van der Waals surface area contributed by atoms with Crippen molar-refractivity contribution in [2.24, 2.45) is 0 Å². The SMILES string of the molecule is CC.CC.CC(=O)Oc1ccc(OC(C)=O)cc1.CC(=O)Oc1cccc(OC(C)=O)c1. The molecule has 0 radical (unpaired) electrons. The monoisotopic (exact) mass is 448 g/mol. The lowest BCUT2D eigenvalue weighted by Crippen LogP contribution is -2.03. The van der Waals surface area contributed by atoms with Crippen molar-refractivity contribution < 1.29 is 38.1 Å². The molecular formula is C24H32O8. The molecule has 176 valence electrons. The van der Waals surface area contributed by atoms with E-state index in [0.717, 1.165) is 0 Å². The fraction of sp³-hybridized carbons (Fsp3) is 0.333. The van der Waals surface area contributed by atoms with Gasteiger partial charge in [-0.15, -0.1) is 0 Å². The van der Waals surface area contributed by atoms with E-state index in [1.807, 2.05) is 27.7 Å². The molecule has 0 spiro atoms. The molecule has 0 saturated heterocycles. The number of benzene rings is 2. The molecule has 2 aromatic carbocycles. The zero-order valence-corrected chi connectivity index (χ0v) is 19.9. The lowest BCUT2D eigenvalue weighted by atomic mass is 10.3. The van der Waals surface area contributed by atoms with Crippen LogP contribution in [0.4, 0.5) is 0 Å². The van der Waals surface area contributed by atoms with Crippen LogP contribution in [0.5, 0.6) is 23.0 Å². The molecule has 2 aromatic rings. The molecule has 0 amide bonds. The van der Waals surface area contributed by atoms with Gasteiger partial charge in [0.1, 0.15) is 23.0 Å². The number of ether oxygens (including phenoxy) is 4. The van der Waals surface area contributed by atoms with Crippen LogP contribution in [0.25, 0.3) is 0 Å². The van der Waals surface area contributed by atoms with Crippen molar-refractivity contribution in [3.63, 3.8) is 0 Å². The summed E-state index contributed by atoms with van der Waals surface area (Å²) in [4.78, 5) is 42.4. The highest BCUT2D eigenvalue weighted by atomic mass is 16.5. The van der Waals surface area contributed by atoms with Crippen molar-refractivity contribution in [2.75, 3.05) is 0 Å². The predicted octanol–water partition coefficient (Wildman–Crippen LogP) is 5.13. The molecule has 0 heterocycles. The first-order valence-corrected chi connectivity index (χ1v) is 10.1. The molecule has 32 heavy (non-hydrogen) atoms. The smallest absolute Gasteiger partial charge is 0.308 e. The van der Waals surface area contributed by atoms with Crippen LogP contribution < -0.4 is 18.9 Å². The second kappa shape index (κ2) is 18.1. The highest BCUT2D eigenvalue weighted by molar-refractivity contribution is 5.71. The zero-order chi connectivity index (χ0) is 25.1. The van der Waals surface area contributed by atoms with E-state index in [1.54, 1.807) is 42.5 Å². The predicted molar refractivity (Wildman–Crippen MR) is 121 cm³/mol. The molecule has 0 unspecified atom stereocenters. The minimum atomic E-state index is -0.412. The van der Waals surface area contributed by atoms with Gasteiger partial charge in [-0.3, -0.25) is 19.2 Å². The first-order valence-electron chi connectivity index (χ1n) is 10.1. The molecule has 2 rings (SSSR count). The van der Waals surface area contributed by atoms with E-state index >= 15 is 0 Å². The second-order valence-corrected chi connectivity index (χ2v) is 5.32. The highest BCUT2D eigenvalue weighted by Gasteiger charge is 2.02. The summed E-state index contributed by atoms with van der Waals surface area (Å²) in [6.45, 7) is 13.2. The van der Waals surface area contributed by atoms with Gasteiger partial charge in [0.2, 0.25) is 0 Å². The van der Waals surface area contributed by atoms with Crippen molar-refractivity contribution >= 4 is 23.9 Å². The van der Waals surface area contributed by atoms with Crippen LogP contribution in [0.2, 0.25) is 0 Å². The molecule has 0 aliphatic rings. The second-order valence-electron chi connectivity index (χ2n) is 5.32. The van der Waals surface area contributed by atoms with Crippen LogP contribution in [0, 0.1) is 0 Å². The Labute approximate surface area is 189 Å². The molecule has 0 fully saturated rings. The molecule has 0 bridgehead atoms. The van der Waals surface area contributed by atoms with E-state index in [1.165, 1.54) is 33.8 Å². The summed E-state index contributed by atoms with van der Waals surface area (Å²) >= 11 is 0. The topological polar surface area (TPSA) is 105 Å². The Morgan fingerprint density at radius 3 is 0.969 bits per heavy atom. The van der Waals surface area contributed by atoms with Crippen LogP contribution in [0.1, 0.15) is 55.4 Å². The summed E-state index contributed by atoms with van der Waals surface area (Å²) in [6, 6.07) is 12.5. The largest absolute Gasteiger partial charge is 0.427 e. The maximum absolute atomic E-state index is 10.6. The quantitative estimate of drug-likeness (QED) is 0.468. The molecule has 0 N–H and O–H groups in total. The molecular weight excluding hydrogens is 416 g/mol. The van der Waals surface area contributed by atoms with E-state index in [4.69, 9.17) is 18.9 Å². The number of carbonyl (C=O) groups excluding carboxylic acids is 4. The summed E-state index contributed by atoms with van der Waals surface area (Å²) in [6.07, 6.45) is 0. The summed E-state index contributed by atoms with van der Waals surface area (Å²) in [5, 5.41) is 0. The molecule has 0 atom stereocenters. The van der Waals surface area contributed by atoms with Gasteiger partial charge >= 0.3 is 23.9 Å². The number of rotatable bonds is 4. The first-order chi connectivity index (χ1) is 15.2. The average molecular weight is 449 g/mol. The van der Waals surface area contributed by atoms with Gasteiger partial charge in [0, 0.05) is 33.8 Å². The van der Waals surface area contributed by atoms with Crippen molar-refractivity contribution in [3.05, 3.63) is 48.5 Å². The van der Waals surface area contributed by atoms with Gasteiger partial charge in [-0.25, -0.2) is 0 Å². The van der Waals surface area contributed by atoms with Crippen molar-refractivity contribution in [1.29, 1.82) is 0 Å². The third kappa shape index (κ3) is 16.2. The van der Waals surface area contributed by atoms with E-state index in [0.29, 0.717) is 23.0 Å². The van der Waals surface area contributed by atoms with E-state index in [-0.39, 0.29) is 11.9 Å². The first kappa shape index (κ1) is 30.5. The third-order valence-electron chi connectivity index (χ3n) is 2.68. The maximum Gasteiger partial charge on any atom is 0.308 e. The highest BCUT2D eigenvalue weighted by Crippen LogP contribution is 2.19. The van der Waals surface area contributed by atoms with Gasteiger partial charge in [-0.05, 0) is 36.4 Å². The van der Waals surface area contributed by atoms with Gasteiger partial charge in [0.25, 0.3) is 0 Å². The lowest BCUT2D eigenvalue weighted by Gasteiger charge is -2.03. The standard InChI is InChI=1S/2C10H10O4.2C2H6/c1-7(11)13-9-3-5-10(6-4-9)14-8(2)12;1-7(11)13-9-4-3-5-10(6-9)14-8(2)12;2*1-2/h2*3-6H,1-2H3;2*1-2H3. The summed E-state index contributed by atoms with van der Waals surface area (Å²) in [5.74, 6) is -0.0280. The van der Waals surface area contributed by atoms with Crippen molar-refractivity contribution in [1.82, 2.24) is 0 Å². The Morgan fingerprint density at radius 1 is 0.469 bits per heavy atom. The molecule has 0 aliphatic carbocycles. The Balaban J connectivity index is 0. The minimum absolute atomic E-state index is 0.358. The minimum Gasteiger partial charge on any atom is -0.427 e. The van der Waals surface area contributed by atoms with Gasteiger partial charge in [0.05, 0.1) is 0 Å². The van der Waals surface area contributed by atoms with E-state index in [9.17, 15) is 19.2 Å². The number of carbonyl (C=O) groups is 4. The molecule has 0 saturated carbocycles. The average Bonchev–Trinajstić information content (AvgIpc) is 2.71. The summed E-state index contributed by atoms with van der Waals surface area (Å²) in [5.41, 5.74) is 0. The fourth-order valence-corrected chi connectivity index (χ4v) is 1.84. The number of esters is 4. The Hall–Kier alpha value is -3.68. The van der Waals surface area contributed by atoms with Crippen LogP contribution in [-0.4, -0.2) is 23.9 Å². The van der Waals surface area contributed by atoms with E-state index < -0.39 is 11.9 Å². The van der Waals surface area contributed by atoms with Gasteiger partial charge < -0.3 is 18.9 Å². The summed E-state index contributed by atoms with van der Waals surface area (Å²) in [7, 11) is 0. The molecule has 0 aromatic heterocycles. The van der Waals surface area contributed by atoms with Crippen molar-refractivity contribution in [2.45, 2.75) is 55.4 Å². The third-order valence-corrected chi connectivity index (χ3v) is 2.68. The number of hydrogen-bond acceptors (Lipinski definition) is 8.